The van der Waals surface area contributed by atoms with Gasteiger partial charge in [-0.05, 0) is 31.4 Å². The number of pyridine rings is 1. The molecule has 3 rings (SSSR count). The fourth-order valence-corrected chi connectivity index (χ4v) is 2.99. The third-order valence-electron chi connectivity index (χ3n) is 4.17. The summed E-state index contributed by atoms with van der Waals surface area (Å²) in [4.78, 5) is 4.65. The number of hydrogen-bond donors (Lipinski definition) is 1. The van der Waals surface area contributed by atoms with Crippen LogP contribution in [0.1, 0.15) is 38.3 Å². The second kappa shape index (κ2) is 4.93. The van der Waals surface area contributed by atoms with Crippen molar-refractivity contribution in [2.24, 2.45) is 5.92 Å². The van der Waals surface area contributed by atoms with Crippen LogP contribution in [0.2, 0.25) is 0 Å². The van der Waals surface area contributed by atoms with Crippen LogP contribution in [0.3, 0.4) is 0 Å². The highest BCUT2D eigenvalue weighted by Gasteiger charge is 2.29. The molecule has 0 spiro atoms. The first kappa shape index (κ1) is 12.6. The molecule has 1 saturated carbocycles. The van der Waals surface area contributed by atoms with Crippen molar-refractivity contribution in [1.29, 1.82) is 0 Å². The molecule has 1 atom stereocenters. The highest BCUT2D eigenvalue weighted by atomic mass is 16.3. The summed E-state index contributed by atoms with van der Waals surface area (Å²) in [6.07, 6.45) is 5.44. The molecule has 0 bridgehead atoms. The molecule has 100 valence electrons. The van der Waals surface area contributed by atoms with Crippen molar-refractivity contribution in [3.63, 3.8) is 0 Å². The van der Waals surface area contributed by atoms with Crippen molar-refractivity contribution < 1.29 is 5.11 Å². The van der Waals surface area contributed by atoms with E-state index in [1.54, 1.807) is 0 Å². The number of hydrogen-bond acceptors (Lipinski definition) is 2. The lowest BCUT2D eigenvalue weighted by Crippen LogP contribution is -2.32. The third-order valence-corrected chi connectivity index (χ3v) is 4.17. The monoisotopic (exact) mass is 255 g/mol. The lowest BCUT2D eigenvalue weighted by atomic mass is 9.76. The first-order chi connectivity index (χ1) is 9.12. The van der Waals surface area contributed by atoms with Gasteiger partial charge in [0.05, 0.1) is 11.1 Å². The van der Waals surface area contributed by atoms with E-state index in [1.165, 1.54) is 19.3 Å². The van der Waals surface area contributed by atoms with Crippen LogP contribution in [0.5, 0.6) is 0 Å². The van der Waals surface area contributed by atoms with Crippen molar-refractivity contribution in [2.75, 3.05) is 0 Å². The maximum Gasteiger partial charge on any atom is 0.0705 e. The van der Waals surface area contributed by atoms with Gasteiger partial charge in [0.1, 0.15) is 0 Å². The van der Waals surface area contributed by atoms with E-state index in [2.05, 4.69) is 17.1 Å². The van der Waals surface area contributed by atoms with Crippen molar-refractivity contribution in [3.05, 3.63) is 42.1 Å². The lowest BCUT2D eigenvalue weighted by Gasteiger charge is -2.33. The molecule has 2 heteroatoms. The zero-order chi connectivity index (χ0) is 13.3. The average molecular weight is 255 g/mol. The molecule has 1 aliphatic carbocycles. The predicted molar refractivity (Wildman–Crippen MR) is 78.0 cm³/mol. The summed E-state index contributed by atoms with van der Waals surface area (Å²) in [6.45, 7) is 1.95. The Bertz CT molecular complexity index is 572. The molecule has 0 saturated heterocycles. The first-order valence-electron chi connectivity index (χ1n) is 7.19. The maximum atomic E-state index is 10.5. The van der Waals surface area contributed by atoms with Gasteiger partial charge in [-0.3, -0.25) is 4.98 Å². The van der Waals surface area contributed by atoms with Crippen LogP contribution in [-0.4, -0.2) is 15.7 Å². The largest absolute Gasteiger partial charge is 0.390 e. The number of fused-ring (bicyclic) bond motifs is 1. The zero-order valence-electron chi connectivity index (χ0n) is 11.5. The predicted octanol–water partition coefficient (Wildman–Crippen LogP) is 3.72. The van der Waals surface area contributed by atoms with Crippen molar-refractivity contribution in [1.82, 2.24) is 4.98 Å². The third kappa shape index (κ3) is 2.95. The van der Waals surface area contributed by atoms with E-state index in [1.807, 2.05) is 31.2 Å². The molecule has 1 fully saturated rings. The van der Waals surface area contributed by atoms with Gasteiger partial charge in [-0.2, -0.15) is 0 Å². The summed E-state index contributed by atoms with van der Waals surface area (Å²) in [5, 5.41) is 11.7. The van der Waals surface area contributed by atoms with Crippen molar-refractivity contribution in [2.45, 2.75) is 44.6 Å². The van der Waals surface area contributed by atoms with Crippen molar-refractivity contribution >= 4 is 10.9 Å². The minimum Gasteiger partial charge on any atom is -0.390 e. The molecule has 1 unspecified atom stereocenters. The van der Waals surface area contributed by atoms with E-state index < -0.39 is 5.60 Å². The van der Waals surface area contributed by atoms with Crippen LogP contribution in [0.4, 0.5) is 0 Å². The van der Waals surface area contributed by atoms with Gasteiger partial charge in [0, 0.05) is 17.5 Å². The fourth-order valence-electron chi connectivity index (χ4n) is 2.99. The SMILES string of the molecule is CC(O)(Cc1ccc2ccccc2n1)CC1CCC1. The fraction of sp³-hybridized carbons (Fsp3) is 0.471. The highest BCUT2D eigenvalue weighted by Crippen LogP contribution is 2.34. The molecule has 1 N–H and O–H groups in total. The molecule has 0 aliphatic heterocycles. The molecule has 1 aromatic carbocycles. The van der Waals surface area contributed by atoms with Crippen LogP contribution in [0.25, 0.3) is 10.9 Å². The number of aliphatic hydroxyl groups is 1. The molecule has 1 aliphatic rings. The Kier molecular flexibility index (Phi) is 3.28. The van der Waals surface area contributed by atoms with E-state index in [9.17, 15) is 5.11 Å². The molecule has 2 aromatic rings. The van der Waals surface area contributed by atoms with E-state index in [-0.39, 0.29) is 0 Å². The van der Waals surface area contributed by atoms with Gasteiger partial charge >= 0.3 is 0 Å². The van der Waals surface area contributed by atoms with E-state index >= 15 is 0 Å². The second-order valence-electron chi connectivity index (χ2n) is 6.17. The average Bonchev–Trinajstić information content (AvgIpc) is 2.34. The quantitative estimate of drug-likeness (QED) is 0.903. The number of rotatable bonds is 4. The Hall–Kier alpha value is -1.41. The first-order valence-corrected chi connectivity index (χ1v) is 7.19. The molecule has 1 aromatic heterocycles. The van der Waals surface area contributed by atoms with Gasteiger partial charge in [-0.15, -0.1) is 0 Å². The number of aromatic nitrogens is 1. The molecule has 0 radical (unpaired) electrons. The number of nitrogens with zero attached hydrogens (tertiary/aromatic N) is 1. The van der Waals surface area contributed by atoms with Gasteiger partial charge in [-0.1, -0.05) is 43.5 Å². The Labute approximate surface area is 114 Å². The summed E-state index contributed by atoms with van der Waals surface area (Å²) >= 11 is 0. The Morgan fingerprint density at radius 1 is 1.21 bits per heavy atom. The summed E-state index contributed by atoms with van der Waals surface area (Å²) < 4.78 is 0. The summed E-state index contributed by atoms with van der Waals surface area (Å²) in [7, 11) is 0. The van der Waals surface area contributed by atoms with Gasteiger partial charge in [0.25, 0.3) is 0 Å². The Balaban J connectivity index is 1.76. The van der Waals surface area contributed by atoms with Crippen LogP contribution in [0.15, 0.2) is 36.4 Å². The smallest absolute Gasteiger partial charge is 0.0705 e. The minimum atomic E-state index is -0.624. The summed E-state index contributed by atoms with van der Waals surface area (Å²) in [5.41, 5.74) is 1.38. The highest BCUT2D eigenvalue weighted by molar-refractivity contribution is 5.78. The van der Waals surface area contributed by atoms with E-state index in [0.717, 1.165) is 28.9 Å². The Morgan fingerprint density at radius 3 is 2.74 bits per heavy atom. The van der Waals surface area contributed by atoms with Crippen LogP contribution in [0, 0.1) is 5.92 Å². The van der Waals surface area contributed by atoms with Crippen LogP contribution in [-0.2, 0) is 6.42 Å². The van der Waals surface area contributed by atoms with E-state index in [4.69, 9.17) is 0 Å². The van der Waals surface area contributed by atoms with Gasteiger partial charge in [0.2, 0.25) is 0 Å². The van der Waals surface area contributed by atoms with Crippen LogP contribution >= 0.6 is 0 Å². The molecule has 1 heterocycles. The molecule has 0 amide bonds. The second-order valence-corrected chi connectivity index (χ2v) is 6.17. The number of benzene rings is 1. The minimum absolute atomic E-state index is 0.624. The van der Waals surface area contributed by atoms with Crippen LogP contribution < -0.4 is 0 Å². The van der Waals surface area contributed by atoms with Crippen molar-refractivity contribution in [3.8, 4) is 0 Å². The molecule has 2 nitrogen and oxygen atoms in total. The molecular formula is C17H21NO. The molecular weight excluding hydrogens is 234 g/mol. The van der Waals surface area contributed by atoms with Gasteiger partial charge in [-0.25, -0.2) is 0 Å². The zero-order valence-corrected chi connectivity index (χ0v) is 11.5. The standard InChI is InChI=1S/C17H21NO/c1-17(19,11-13-5-4-6-13)12-15-10-9-14-7-2-3-8-16(14)18-15/h2-3,7-10,13,19H,4-6,11-12H2,1H3. The van der Waals surface area contributed by atoms with Gasteiger partial charge < -0.3 is 5.11 Å². The number of para-hydroxylation sites is 1. The normalized spacial score (nSPS) is 19.1. The maximum absolute atomic E-state index is 10.5. The van der Waals surface area contributed by atoms with E-state index in [0.29, 0.717) is 6.42 Å². The Morgan fingerprint density at radius 2 is 2.00 bits per heavy atom. The summed E-state index contributed by atoms with van der Waals surface area (Å²) in [5.74, 6) is 0.718. The topological polar surface area (TPSA) is 33.1 Å². The summed E-state index contributed by atoms with van der Waals surface area (Å²) in [6, 6.07) is 12.3. The molecule has 19 heavy (non-hydrogen) atoms. The lowest BCUT2D eigenvalue weighted by molar-refractivity contribution is 0.0197. The van der Waals surface area contributed by atoms with Gasteiger partial charge in [0.15, 0.2) is 0 Å².